The number of imidazole rings is 2. The predicted octanol–water partition coefficient (Wildman–Crippen LogP) is 11.1. The van der Waals surface area contributed by atoms with Crippen LogP contribution in [0.2, 0.25) is 0 Å². The molecule has 4 aliphatic rings. The van der Waals surface area contributed by atoms with Crippen LogP contribution in [0.15, 0.2) is 48.6 Å². The Kier molecular flexibility index (Phi) is 14.8. The zero-order valence-electron chi connectivity index (χ0n) is 40.3. The van der Waals surface area contributed by atoms with Gasteiger partial charge in [-0.2, -0.15) is 0 Å². The lowest BCUT2D eigenvalue weighted by molar-refractivity contribution is -0.0478. The van der Waals surface area contributed by atoms with Crippen LogP contribution in [-0.4, -0.2) is 103 Å². The second-order valence-corrected chi connectivity index (χ2v) is 21.9. The number of benzene rings is 2. The van der Waals surface area contributed by atoms with Crippen molar-refractivity contribution in [2.45, 2.75) is 173 Å². The fourth-order valence-corrected chi connectivity index (χ4v) is 10.0. The molecule has 2 aliphatic carbocycles. The Morgan fingerprint density at radius 3 is 1.41 bits per heavy atom. The number of fused-ring (bicyclic) bond motifs is 2. The predicted molar refractivity (Wildman–Crippen MR) is 252 cm³/mol. The normalized spacial score (nSPS) is 20.4. The molecular formula is C52H72F4N6O4. The van der Waals surface area contributed by atoms with Crippen LogP contribution < -0.4 is 0 Å². The zero-order valence-corrected chi connectivity index (χ0v) is 40.3. The van der Waals surface area contributed by atoms with Crippen LogP contribution in [0.4, 0.5) is 17.6 Å². The average molecular weight is 921 g/mol. The van der Waals surface area contributed by atoms with Gasteiger partial charge >= 0.3 is 0 Å². The zero-order chi connectivity index (χ0) is 47.8. The topological polar surface area (TPSA) is 106 Å². The van der Waals surface area contributed by atoms with Gasteiger partial charge in [-0.1, -0.05) is 53.7 Å². The molecule has 66 heavy (non-hydrogen) atoms. The van der Waals surface area contributed by atoms with E-state index in [0.717, 1.165) is 52.1 Å². The number of carbonyl (C=O) groups excluding carboxylic acids is 2. The number of aromatic nitrogens is 4. The fourth-order valence-electron chi connectivity index (χ4n) is 10.0. The van der Waals surface area contributed by atoms with Gasteiger partial charge in [-0.25, -0.2) is 27.5 Å². The standard InChI is InChI=1S/C28H39F2N3O2.C24H33F2N3O2/c1-19(2)18-35-22-10-14-32(15-11-22)25(34)21-6-7-24-23(16-21)31-26(27(3,4)5)33(24)17-20-8-12-28(29,30)13-9-20;1-23(2,3)22-27-19-14-17(21(31)28-12-8-18(30)9-13-28)4-5-20(19)29(22)15-16-6-10-24(25,26)11-7-16/h6-7,16,20,22H,1,8-15,17-18H2,2-5H3;4-5,14,16,18,30H,6-13,15H2,1-3H3. The van der Waals surface area contributed by atoms with E-state index in [2.05, 4.69) is 57.3 Å². The maximum absolute atomic E-state index is 13.7. The van der Waals surface area contributed by atoms with E-state index < -0.39 is 11.8 Å². The SMILES string of the molecule is C=C(C)COC1CCN(C(=O)c2ccc3c(c2)nc(C(C)(C)C)n3CC2CCC(F)(F)CC2)CC1.CC(C)(C)c1nc2cc(C(=O)N3CCC(O)CC3)ccc2n1CC1CCC(F)(F)CC1. The highest BCUT2D eigenvalue weighted by Gasteiger charge is 2.38. The maximum Gasteiger partial charge on any atom is 0.253 e. The molecule has 0 unspecified atom stereocenters. The molecule has 0 bridgehead atoms. The lowest BCUT2D eigenvalue weighted by Crippen LogP contribution is -2.41. The summed E-state index contributed by atoms with van der Waals surface area (Å²) in [7, 11) is 0. The summed E-state index contributed by atoms with van der Waals surface area (Å²) in [6.45, 7) is 22.9. The number of carbonyl (C=O) groups is 2. The fraction of sp³-hybridized carbons (Fsp3) is 0.654. The molecule has 14 heteroatoms. The number of aliphatic hydroxyl groups is 1. The molecule has 2 saturated heterocycles. The van der Waals surface area contributed by atoms with E-state index >= 15 is 0 Å². The van der Waals surface area contributed by atoms with Crippen molar-refractivity contribution >= 4 is 33.9 Å². The molecule has 0 radical (unpaired) electrons. The molecular weight excluding hydrogens is 849 g/mol. The van der Waals surface area contributed by atoms with E-state index in [1.54, 1.807) is 4.90 Å². The molecule has 2 aliphatic heterocycles. The van der Waals surface area contributed by atoms with Crippen LogP contribution in [0.25, 0.3) is 22.1 Å². The molecule has 2 aromatic carbocycles. The van der Waals surface area contributed by atoms with E-state index in [0.29, 0.717) is 95.5 Å². The number of hydrogen-bond donors (Lipinski definition) is 1. The number of ether oxygens (including phenoxy) is 1. The molecule has 362 valence electrons. The number of amides is 2. The summed E-state index contributed by atoms with van der Waals surface area (Å²) in [5, 5.41) is 9.70. The molecule has 2 aromatic heterocycles. The minimum atomic E-state index is -2.53. The van der Waals surface area contributed by atoms with Gasteiger partial charge in [-0.15, -0.1) is 0 Å². The van der Waals surface area contributed by atoms with Crippen molar-refractivity contribution in [1.29, 1.82) is 0 Å². The molecule has 2 saturated carbocycles. The summed E-state index contributed by atoms with van der Waals surface area (Å²) in [5.74, 6) is -2.79. The summed E-state index contributed by atoms with van der Waals surface area (Å²) < 4.78 is 64.8. The van der Waals surface area contributed by atoms with Gasteiger partial charge in [0.05, 0.1) is 40.9 Å². The minimum Gasteiger partial charge on any atom is -0.393 e. The van der Waals surface area contributed by atoms with Crippen LogP contribution in [-0.2, 0) is 28.7 Å². The first-order chi connectivity index (χ1) is 31.0. The Hall–Kier alpha value is -4.30. The van der Waals surface area contributed by atoms with Gasteiger partial charge in [-0.3, -0.25) is 9.59 Å². The van der Waals surface area contributed by atoms with Gasteiger partial charge in [0, 0.05) is 86.9 Å². The lowest BCUT2D eigenvalue weighted by atomic mass is 9.86. The third-order valence-corrected chi connectivity index (χ3v) is 13.9. The third kappa shape index (κ3) is 12.0. The third-order valence-electron chi connectivity index (χ3n) is 13.9. The Morgan fingerprint density at radius 1 is 0.667 bits per heavy atom. The molecule has 0 spiro atoms. The minimum absolute atomic E-state index is 0.0200. The second-order valence-electron chi connectivity index (χ2n) is 21.9. The molecule has 4 aromatic rings. The largest absolute Gasteiger partial charge is 0.393 e. The summed E-state index contributed by atoms with van der Waals surface area (Å²) >= 11 is 0. The van der Waals surface area contributed by atoms with Crippen LogP contribution in [0, 0.1) is 11.8 Å². The molecule has 4 fully saturated rings. The Balaban J connectivity index is 0.000000198. The highest BCUT2D eigenvalue weighted by molar-refractivity contribution is 5.98. The number of hydrogen-bond acceptors (Lipinski definition) is 6. The van der Waals surface area contributed by atoms with Crippen molar-refractivity contribution in [3.05, 3.63) is 71.3 Å². The molecule has 4 heterocycles. The first-order valence-corrected chi connectivity index (χ1v) is 24.3. The average Bonchev–Trinajstić information content (AvgIpc) is 3.82. The number of likely N-dealkylation sites (tertiary alicyclic amines) is 2. The van der Waals surface area contributed by atoms with Crippen molar-refractivity contribution in [2.75, 3.05) is 32.8 Å². The van der Waals surface area contributed by atoms with E-state index in [-0.39, 0.29) is 72.4 Å². The molecule has 8 rings (SSSR count). The van der Waals surface area contributed by atoms with Crippen LogP contribution >= 0.6 is 0 Å². The highest BCUT2D eigenvalue weighted by Crippen LogP contribution is 2.40. The first kappa shape index (κ1) is 49.6. The van der Waals surface area contributed by atoms with Crippen molar-refractivity contribution in [3.8, 4) is 0 Å². The lowest BCUT2D eigenvalue weighted by Gasteiger charge is -2.32. The van der Waals surface area contributed by atoms with Gasteiger partial charge in [0.1, 0.15) is 11.6 Å². The first-order valence-electron chi connectivity index (χ1n) is 24.3. The highest BCUT2D eigenvalue weighted by atomic mass is 19.3. The van der Waals surface area contributed by atoms with Crippen LogP contribution in [0.5, 0.6) is 0 Å². The molecule has 0 atom stereocenters. The van der Waals surface area contributed by atoms with Crippen LogP contribution in [0.1, 0.15) is 158 Å². The number of aliphatic hydroxyl groups excluding tert-OH is 1. The van der Waals surface area contributed by atoms with Gasteiger partial charge in [0.15, 0.2) is 0 Å². The smallest absolute Gasteiger partial charge is 0.253 e. The Labute approximate surface area is 388 Å². The molecule has 10 nitrogen and oxygen atoms in total. The number of alkyl halides is 4. The summed E-state index contributed by atoms with van der Waals surface area (Å²) in [6.07, 6.45) is 4.64. The molecule has 2 amide bonds. The van der Waals surface area contributed by atoms with Gasteiger partial charge in [-0.05, 0) is 107 Å². The van der Waals surface area contributed by atoms with Crippen LogP contribution in [0.3, 0.4) is 0 Å². The van der Waals surface area contributed by atoms with Crippen molar-refractivity contribution < 1.29 is 37.0 Å². The van der Waals surface area contributed by atoms with Crippen molar-refractivity contribution in [1.82, 2.24) is 28.9 Å². The van der Waals surface area contributed by atoms with E-state index in [4.69, 9.17) is 14.7 Å². The number of rotatable bonds is 9. The molecule has 1 N–H and O–H groups in total. The number of halogens is 4. The summed E-state index contributed by atoms with van der Waals surface area (Å²) in [5.41, 5.74) is 5.33. The number of piperidine rings is 2. The van der Waals surface area contributed by atoms with E-state index in [1.165, 1.54) is 0 Å². The van der Waals surface area contributed by atoms with Crippen molar-refractivity contribution in [2.24, 2.45) is 11.8 Å². The monoisotopic (exact) mass is 921 g/mol. The Bertz CT molecular complexity index is 2340. The second kappa shape index (κ2) is 19.7. The summed E-state index contributed by atoms with van der Waals surface area (Å²) in [4.78, 5) is 39.7. The van der Waals surface area contributed by atoms with Gasteiger partial charge in [0.25, 0.3) is 11.8 Å². The van der Waals surface area contributed by atoms with Crippen molar-refractivity contribution in [3.63, 3.8) is 0 Å². The maximum atomic E-state index is 13.7. The van der Waals surface area contributed by atoms with Gasteiger partial charge in [0.2, 0.25) is 11.8 Å². The van der Waals surface area contributed by atoms with Gasteiger partial charge < -0.3 is 28.8 Å². The Morgan fingerprint density at radius 2 is 1.05 bits per heavy atom. The number of nitrogens with zero attached hydrogens (tertiary/aromatic N) is 6. The quantitative estimate of drug-likeness (QED) is 0.132. The van der Waals surface area contributed by atoms with E-state index in [1.807, 2.05) is 48.2 Å². The summed E-state index contributed by atoms with van der Waals surface area (Å²) in [6, 6.07) is 11.4. The van der Waals surface area contributed by atoms with E-state index in [9.17, 15) is 32.3 Å².